The Labute approximate surface area is 282 Å². The molecular weight excluding hydrogens is 614 g/mol. The Kier molecular flexibility index (Phi) is 15.3. The van der Waals surface area contributed by atoms with Crippen molar-refractivity contribution >= 4 is 27.3 Å². The number of nitrogens with one attached hydrogen (secondary N) is 2. The molecule has 4 atom stereocenters. The maximum atomic E-state index is 14.1. The Morgan fingerprint density at radius 3 is 2.32 bits per heavy atom. The zero-order valence-corrected chi connectivity index (χ0v) is 29.7. The number of carbonyl (C=O) groups is 3. The van der Waals surface area contributed by atoms with Crippen LogP contribution in [0.3, 0.4) is 0 Å². The highest BCUT2D eigenvalue weighted by molar-refractivity contribution is 7.92. The molecule has 10 heteroatoms. The van der Waals surface area contributed by atoms with Gasteiger partial charge in [0, 0.05) is 49.5 Å². The first-order valence-corrected chi connectivity index (χ1v) is 19.2. The molecule has 1 saturated carbocycles. The molecule has 1 amide bonds. The second-order valence-electron chi connectivity index (χ2n) is 14.5. The van der Waals surface area contributed by atoms with Crippen molar-refractivity contribution in [3.05, 3.63) is 54.1 Å². The minimum Gasteiger partial charge on any atom is -0.385 e. The van der Waals surface area contributed by atoms with Crippen molar-refractivity contribution in [3.63, 3.8) is 0 Å². The summed E-state index contributed by atoms with van der Waals surface area (Å²) >= 11 is 0. The van der Waals surface area contributed by atoms with E-state index in [4.69, 9.17) is 0 Å². The number of H-pyrrole nitrogens is 1. The minimum atomic E-state index is -3.63. The third-order valence-corrected chi connectivity index (χ3v) is 12.3. The fraction of sp³-hybridized carbons (Fsp3) is 0.676. The largest absolute Gasteiger partial charge is 0.385 e. The molecule has 262 valence electrons. The average Bonchev–Trinajstić information content (AvgIpc) is 3.54. The van der Waals surface area contributed by atoms with Gasteiger partial charge in [0.1, 0.15) is 11.9 Å². The number of rotatable bonds is 20. The van der Waals surface area contributed by atoms with Gasteiger partial charge in [-0.25, -0.2) is 13.4 Å². The number of aliphatic hydroxyl groups is 1. The van der Waals surface area contributed by atoms with Crippen LogP contribution in [0.1, 0.15) is 116 Å². The van der Waals surface area contributed by atoms with Crippen LogP contribution in [-0.2, 0) is 37.1 Å². The van der Waals surface area contributed by atoms with E-state index < -0.39 is 38.6 Å². The first-order chi connectivity index (χ1) is 22.3. The highest BCUT2D eigenvalue weighted by Gasteiger charge is 2.36. The first-order valence-electron chi connectivity index (χ1n) is 17.6. The number of hydrogen-bond acceptors (Lipinski definition) is 7. The van der Waals surface area contributed by atoms with Crippen molar-refractivity contribution in [3.8, 4) is 0 Å². The van der Waals surface area contributed by atoms with E-state index in [1.807, 2.05) is 30.3 Å². The van der Waals surface area contributed by atoms with Crippen LogP contribution < -0.4 is 5.32 Å². The number of nitrogens with zero attached hydrogens (tertiary/aromatic N) is 1. The third kappa shape index (κ3) is 12.9. The van der Waals surface area contributed by atoms with Gasteiger partial charge in [-0.05, 0) is 51.5 Å². The predicted octanol–water partition coefficient (Wildman–Crippen LogP) is 5.96. The van der Waals surface area contributed by atoms with Gasteiger partial charge in [0.2, 0.25) is 5.91 Å². The molecule has 0 bridgehead atoms. The summed E-state index contributed by atoms with van der Waals surface area (Å²) in [6, 6.07) is 8.93. The van der Waals surface area contributed by atoms with E-state index in [-0.39, 0.29) is 48.9 Å². The first kappa shape index (κ1) is 38.6. The van der Waals surface area contributed by atoms with Crippen LogP contribution in [0.4, 0.5) is 0 Å². The van der Waals surface area contributed by atoms with Crippen LogP contribution in [0, 0.1) is 17.8 Å². The van der Waals surface area contributed by atoms with Gasteiger partial charge in [0.15, 0.2) is 15.6 Å². The van der Waals surface area contributed by atoms with Gasteiger partial charge in [-0.15, -0.1) is 0 Å². The Balaban J connectivity index is 1.83. The molecule has 1 aromatic carbocycles. The number of sulfone groups is 1. The smallest absolute Gasteiger partial charge is 0.224 e. The van der Waals surface area contributed by atoms with E-state index in [2.05, 4.69) is 22.2 Å². The molecule has 0 unspecified atom stereocenters. The lowest BCUT2D eigenvalue weighted by Gasteiger charge is -2.30. The third-order valence-electron chi connectivity index (χ3n) is 9.57. The molecule has 0 aliphatic heterocycles. The maximum Gasteiger partial charge on any atom is 0.224 e. The van der Waals surface area contributed by atoms with E-state index in [1.54, 1.807) is 27.0 Å². The summed E-state index contributed by atoms with van der Waals surface area (Å²) in [4.78, 5) is 48.0. The number of carbonyl (C=O) groups excluding carboxylic acids is 3. The lowest BCUT2D eigenvalue weighted by atomic mass is 9.83. The van der Waals surface area contributed by atoms with Crippen molar-refractivity contribution in [2.75, 3.05) is 5.75 Å². The van der Waals surface area contributed by atoms with Gasteiger partial charge in [0.25, 0.3) is 0 Å². The average molecular weight is 672 g/mol. The van der Waals surface area contributed by atoms with Crippen LogP contribution in [-0.4, -0.2) is 63.6 Å². The van der Waals surface area contributed by atoms with E-state index in [9.17, 15) is 27.9 Å². The fourth-order valence-corrected chi connectivity index (χ4v) is 7.82. The summed E-state index contributed by atoms with van der Waals surface area (Å²) in [5.41, 5.74) is 1.55. The zero-order valence-electron chi connectivity index (χ0n) is 28.9. The normalized spacial score (nSPS) is 17.0. The number of aromatic amines is 1. The predicted molar refractivity (Wildman–Crippen MR) is 185 cm³/mol. The molecule has 0 spiro atoms. The van der Waals surface area contributed by atoms with E-state index >= 15 is 0 Å². The summed E-state index contributed by atoms with van der Waals surface area (Å²) in [6.07, 6.45) is 11.6. The quantitative estimate of drug-likeness (QED) is 0.147. The second kappa shape index (κ2) is 18.6. The van der Waals surface area contributed by atoms with Gasteiger partial charge in [-0.1, -0.05) is 82.2 Å². The molecule has 3 N–H and O–H groups in total. The number of aromatic nitrogens is 2. The molecule has 1 aliphatic rings. The molecular formula is C37H57N3O6S. The van der Waals surface area contributed by atoms with Crippen molar-refractivity contribution in [1.29, 1.82) is 0 Å². The Bertz CT molecular complexity index is 1350. The van der Waals surface area contributed by atoms with Crippen LogP contribution in [0.5, 0.6) is 0 Å². The number of amides is 1. The monoisotopic (exact) mass is 671 g/mol. The summed E-state index contributed by atoms with van der Waals surface area (Å²) in [7, 11) is -3.63. The number of ketones is 2. The topological polar surface area (TPSA) is 146 Å². The zero-order chi connectivity index (χ0) is 34.5. The highest BCUT2D eigenvalue weighted by Crippen LogP contribution is 2.29. The number of imidazole rings is 1. The standard InChI is InChI=1S/C37H57N3O6S/c1-5-6-9-18-33(41)35(43)23-31(20-28-16-12-8-13-17-28)40-36(44)29(21-32-24-38-26-39-32)22-34(42)30(19-27-14-10-7-11-15-27)25-47(45,46)37(2,3)4/h7,10-11,14-15,24,26,28-31,35,43H,5-6,8-9,12-13,16-23,25H2,1-4H3,(H,38,39)(H,40,44)/t29-,30-,31+,35+/m1/s1. The van der Waals surface area contributed by atoms with Crippen molar-refractivity contribution < 1.29 is 27.9 Å². The lowest BCUT2D eigenvalue weighted by molar-refractivity contribution is -0.132. The number of Topliss-reactive ketones (excluding diaryl/α,β-unsaturated/α-hetero) is 2. The van der Waals surface area contributed by atoms with Crippen LogP contribution in [0.15, 0.2) is 42.9 Å². The van der Waals surface area contributed by atoms with Gasteiger partial charge in [0.05, 0.1) is 22.7 Å². The number of hydrogen-bond donors (Lipinski definition) is 3. The Hall–Kier alpha value is -2.85. The highest BCUT2D eigenvalue weighted by atomic mass is 32.2. The summed E-state index contributed by atoms with van der Waals surface area (Å²) in [5, 5.41) is 14.0. The molecule has 0 saturated heterocycles. The molecule has 2 aromatic rings. The van der Waals surface area contributed by atoms with Gasteiger partial charge in [-0.2, -0.15) is 0 Å². The van der Waals surface area contributed by atoms with E-state index in [0.717, 1.165) is 50.5 Å². The summed E-state index contributed by atoms with van der Waals surface area (Å²) in [5.74, 6) is -2.34. The van der Waals surface area contributed by atoms with Crippen molar-refractivity contribution in [2.45, 2.75) is 134 Å². The van der Waals surface area contributed by atoms with Gasteiger partial charge >= 0.3 is 0 Å². The van der Waals surface area contributed by atoms with Crippen LogP contribution in [0.25, 0.3) is 0 Å². The number of aliphatic hydroxyl groups excluding tert-OH is 1. The summed E-state index contributed by atoms with van der Waals surface area (Å²) in [6.45, 7) is 6.97. The minimum absolute atomic E-state index is 0.137. The Morgan fingerprint density at radius 1 is 1.00 bits per heavy atom. The molecule has 9 nitrogen and oxygen atoms in total. The molecule has 1 aliphatic carbocycles. The van der Waals surface area contributed by atoms with E-state index in [0.29, 0.717) is 24.5 Å². The Morgan fingerprint density at radius 2 is 1.70 bits per heavy atom. The number of benzene rings is 1. The molecule has 47 heavy (non-hydrogen) atoms. The van der Waals surface area contributed by atoms with Crippen molar-refractivity contribution in [1.82, 2.24) is 15.3 Å². The molecule has 1 aromatic heterocycles. The van der Waals surface area contributed by atoms with Crippen LogP contribution >= 0.6 is 0 Å². The number of unbranched alkanes of at least 4 members (excludes halogenated alkanes) is 2. The van der Waals surface area contributed by atoms with Gasteiger partial charge < -0.3 is 15.4 Å². The molecule has 1 heterocycles. The fourth-order valence-electron chi connectivity index (χ4n) is 6.48. The molecule has 0 radical (unpaired) electrons. The van der Waals surface area contributed by atoms with E-state index in [1.165, 1.54) is 12.7 Å². The summed E-state index contributed by atoms with van der Waals surface area (Å²) < 4.78 is 25.6. The van der Waals surface area contributed by atoms with Gasteiger partial charge in [-0.3, -0.25) is 14.4 Å². The second-order valence-corrected chi connectivity index (χ2v) is 17.3. The van der Waals surface area contributed by atoms with Crippen molar-refractivity contribution in [2.24, 2.45) is 17.8 Å². The maximum absolute atomic E-state index is 14.1. The molecule has 1 fully saturated rings. The lowest BCUT2D eigenvalue weighted by Crippen LogP contribution is -2.44. The van der Waals surface area contributed by atoms with Crippen LogP contribution in [0.2, 0.25) is 0 Å². The SMILES string of the molecule is CCCCCC(=O)[C@@H](O)C[C@H](CC1CCCCC1)NC(=O)[C@@H](CC(=O)[C@H](Cc1ccccc1)CS(=O)(=O)C(C)(C)C)Cc1cnc[nH]1. The molecule has 3 rings (SSSR count).